The third kappa shape index (κ3) is 5.68. The molecule has 1 unspecified atom stereocenters. The smallest absolute Gasteiger partial charge is 0.258 e. The molecule has 1 rings (SSSR count). The molecule has 0 heterocycles. The van der Waals surface area contributed by atoms with Gasteiger partial charge in [0.25, 0.3) is 5.91 Å². The van der Waals surface area contributed by atoms with Crippen LogP contribution in [0.2, 0.25) is 0 Å². The first kappa shape index (κ1) is 14.5. The van der Waals surface area contributed by atoms with Gasteiger partial charge < -0.3 is 15.8 Å². The zero-order valence-corrected chi connectivity index (χ0v) is 11.3. The molecule has 1 amide bonds. The van der Waals surface area contributed by atoms with Crippen molar-refractivity contribution in [3.8, 4) is 5.75 Å². The van der Waals surface area contributed by atoms with Crippen LogP contribution in [-0.2, 0) is 11.2 Å². The molecule has 0 aliphatic heterocycles. The first-order valence-corrected chi connectivity index (χ1v) is 6.24. The molecular formula is C14H22N2O2. The summed E-state index contributed by atoms with van der Waals surface area (Å²) in [6.07, 6.45) is 0.841. The van der Waals surface area contributed by atoms with Gasteiger partial charge >= 0.3 is 0 Å². The Balaban J connectivity index is 2.41. The normalized spacial score (nSPS) is 12.3. The molecule has 0 saturated carbocycles. The van der Waals surface area contributed by atoms with E-state index < -0.39 is 0 Å². The number of rotatable bonds is 6. The van der Waals surface area contributed by atoms with Crippen LogP contribution in [-0.4, -0.2) is 24.6 Å². The van der Waals surface area contributed by atoms with E-state index >= 15 is 0 Å². The largest absolute Gasteiger partial charge is 0.484 e. The highest BCUT2D eigenvalue weighted by molar-refractivity contribution is 5.77. The molecule has 1 atom stereocenters. The zero-order chi connectivity index (χ0) is 13.5. The molecule has 0 bridgehead atoms. The van der Waals surface area contributed by atoms with Crippen molar-refractivity contribution in [1.29, 1.82) is 0 Å². The molecule has 18 heavy (non-hydrogen) atoms. The first-order chi connectivity index (χ1) is 8.47. The molecule has 4 heteroatoms. The van der Waals surface area contributed by atoms with Crippen molar-refractivity contribution in [1.82, 2.24) is 5.32 Å². The lowest BCUT2D eigenvalue weighted by Crippen LogP contribution is -2.34. The van der Waals surface area contributed by atoms with Gasteiger partial charge in [0, 0.05) is 12.1 Å². The van der Waals surface area contributed by atoms with Crippen LogP contribution in [0.25, 0.3) is 0 Å². The van der Waals surface area contributed by atoms with Gasteiger partial charge in [-0.25, -0.2) is 0 Å². The van der Waals surface area contributed by atoms with Crippen LogP contribution in [0.1, 0.15) is 26.3 Å². The van der Waals surface area contributed by atoms with Crippen molar-refractivity contribution in [2.24, 2.45) is 5.73 Å². The van der Waals surface area contributed by atoms with E-state index in [1.54, 1.807) is 0 Å². The fourth-order valence-electron chi connectivity index (χ4n) is 1.61. The number of amides is 1. The van der Waals surface area contributed by atoms with Gasteiger partial charge in [0.05, 0.1) is 0 Å². The summed E-state index contributed by atoms with van der Waals surface area (Å²) in [5.74, 6) is 0.590. The van der Waals surface area contributed by atoms with Crippen molar-refractivity contribution in [2.75, 3.05) is 6.61 Å². The zero-order valence-electron chi connectivity index (χ0n) is 11.3. The highest BCUT2D eigenvalue weighted by Crippen LogP contribution is 2.13. The summed E-state index contributed by atoms with van der Waals surface area (Å²) < 4.78 is 5.39. The van der Waals surface area contributed by atoms with E-state index in [9.17, 15) is 4.79 Å². The molecule has 100 valence electrons. The van der Waals surface area contributed by atoms with Crippen molar-refractivity contribution >= 4 is 5.91 Å². The monoisotopic (exact) mass is 250 g/mol. The molecule has 3 N–H and O–H groups in total. The predicted octanol–water partition coefficient (Wildman–Crippen LogP) is 1.48. The van der Waals surface area contributed by atoms with Crippen LogP contribution in [0.5, 0.6) is 5.75 Å². The third-order valence-electron chi connectivity index (χ3n) is 2.30. The van der Waals surface area contributed by atoms with Gasteiger partial charge in [-0.3, -0.25) is 4.79 Å². The van der Waals surface area contributed by atoms with Gasteiger partial charge in [0.15, 0.2) is 6.61 Å². The Kier molecular flexibility index (Phi) is 5.65. The van der Waals surface area contributed by atoms with Gasteiger partial charge in [0.1, 0.15) is 5.75 Å². The Morgan fingerprint density at radius 3 is 2.39 bits per heavy atom. The van der Waals surface area contributed by atoms with Crippen molar-refractivity contribution in [2.45, 2.75) is 39.3 Å². The van der Waals surface area contributed by atoms with E-state index in [4.69, 9.17) is 10.5 Å². The Hall–Kier alpha value is -1.55. The molecule has 0 aliphatic carbocycles. The van der Waals surface area contributed by atoms with E-state index in [0.29, 0.717) is 5.75 Å². The van der Waals surface area contributed by atoms with Crippen LogP contribution in [0.3, 0.4) is 0 Å². The number of hydrogen-bond acceptors (Lipinski definition) is 3. The first-order valence-electron chi connectivity index (χ1n) is 6.24. The molecule has 0 radical (unpaired) electrons. The van der Waals surface area contributed by atoms with E-state index in [2.05, 4.69) is 5.32 Å². The number of carbonyl (C=O) groups excluding carboxylic acids is 1. The summed E-state index contributed by atoms with van der Waals surface area (Å²) in [6.45, 7) is 5.85. The van der Waals surface area contributed by atoms with Crippen molar-refractivity contribution in [3.63, 3.8) is 0 Å². The Labute approximate surface area is 109 Å². The lowest BCUT2D eigenvalue weighted by molar-refractivity contribution is -0.123. The lowest BCUT2D eigenvalue weighted by atomic mass is 10.1. The summed E-state index contributed by atoms with van der Waals surface area (Å²) in [4.78, 5) is 11.4. The minimum atomic E-state index is -0.107. The molecule has 4 nitrogen and oxygen atoms in total. The molecule has 0 spiro atoms. The summed E-state index contributed by atoms with van der Waals surface area (Å²) >= 11 is 0. The summed E-state index contributed by atoms with van der Waals surface area (Å²) in [6, 6.07) is 7.95. The second-order valence-corrected chi connectivity index (χ2v) is 4.84. The van der Waals surface area contributed by atoms with Crippen LogP contribution < -0.4 is 15.8 Å². The molecule has 0 saturated heterocycles. The van der Waals surface area contributed by atoms with Crippen LogP contribution >= 0.6 is 0 Å². The highest BCUT2D eigenvalue weighted by atomic mass is 16.5. The minimum Gasteiger partial charge on any atom is -0.484 e. The van der Waals surface area contributed by atoms with Gasteiger partial charge in [-0.1, -0.05) is 12.1 Å². The van der Waals surface area contributed by atoms with E-state index in [0.717, 1.165) is 6.42 Å². The fourth-order valence-corrected chi connectivity index (χ4v) is 1.61. The van der Waals surface area contributed by atoms with Crippen LogP contribution in [0.15, 0.2) is 24.3 Å². The molecule has 0 aliphatic rings. The maximum atomic E-state index is 11.4. The molecule has 1 aromatic rings. The van der Waals surface area contributed by atoms with Crippen molar-refractivity contribution < 1.29 is 9.53 Å². The van der Waals surface area contributed by atoms with Gasteiger partial charge in [-0.05, 0) is 44.9 Å². The Morgan fingerprint density at radius 2 is 1.89 bits per heavy atom. The summed E-state index contributed by atoms with van der Waals surface area (Å²) in [5.41, 5.74) is 6.89. The quantitative estimate of drug-likeness (QED) is 0.803. The average Bonchev–Trinajstić information content (AvgIpc) is 2.26. The third-order valence-corrected chi connectivity index (χ3v) is 2.30. The minimum absolute atomic E-state index is 0.0464. The number of hydrogen-bond donors (Lipinski definition) is 2. The number of carbonyl (C=O) groups is 1. The predicted molar refractivity (Wildman–Crippen MR) is 72.6 cm³/mol. The maximum absolute atomic E-state index is 11.4. The Morgan fingerprint density at radius 1 is 1.28 bits per heavy atom. The Bertz CT molecular complexity index is 372. The van der Waals surface area contributed by atoms with E-state index in [1.165, 1.54) is 5.56 Å². The SMILES string of the molecule is CC(N)Cc1ccc(OCC(=O)NC(C)C)cc1. The van der Waals surface area contributed by atoms with Gasteiger partial charge in [0.2, 0.25) is 0 Å². The average molecular weight is 250 g/mol. The van der Waals surface area contributed by atoms with Crippen molar-refractivity contribution in [3.05, 3.63) is 29.8 Å². The molecular weight excluding hydrogens is 228 g/mol. The molecule has 0 aromatic heterocycles. The van der Waals surface area contributed by atoms with Gasteiger partial charge in [-0.2, -0.15) is 0 Å². The second kappa shape index (κ2) is 7.01. The second-order valence-electron chi connectivity index (χ2n) is 4.84. The summed E-state index contributed by atoms with van der Waals surface area (Å²) in [5, 5.41) is 2.77. The summed E-state index contributed by atoms with van der Waals surface area (Å²) in [7, 11) is 0. The standard InChI is InChI=1S/C14H22N2O2/c1-10(2)16-14(17)9-18-13-6-4-12(5-7-13)8-11(3)15/h4-7,10-11H,8-9,15H2,1-3H3,(H,16,17). The topological polar surface area (TPSA) is 64.3 Å². The van der Waals surface area contributed by atoms with Crippen LogP contribution in [0, 0.1) is 0 Å². The van der Waals surface area contributed by atoms with Gasteiger partial charge in [-0.15, -0.1) is 0 Å². The number of nitrogens with two attached hydrogens (primary N) is 1. The van der Waals surface area contributed by atoms with Crippen LogP contribution in [0.4, 0.5) is 0 Å². The molecule has 0 fully saturated rings. The number of nitrogens with one attached hydrogen (secondary N) is 1. The maximum Gasteiger partial charge on any atom is 0.258 e. The van der Waals surface area contributed by atoms with E-state index in [-0.39, 0.29) is 24.6 Å². The lowest BCUT2D eigenvalue weighted by Gasteiger charge is -2.10. The van der Waals surface area contributed by atoms with E-state index in [1.807, 2.05) is 45.0 Å². The fraction of sp³-hybridized carbons (Fsp3) is 0.500. The highest BCUT2D eigenvalue weighted by Gasteiger charge is 2.04. The molecule has 1 aromatic carbocycles. The number of ether oxygens (including phenoxy) is 1. The number of benzene rings is 1.